The van der Waals surface area contributed by atoms with E-state index in [0.717, 1.165) is 5.56 Å². The van der Waals surface area contributed by atoms with Gasteiger partial charge in [0.2, 0.25) is 0 Å². The van der Waals surface area contributed by atoms with Gasteiger partial charge in [-0.15, -0.1) is 0 Å². The number of nitrogens with zero attached hydrogens (tertiary/aromatic N) is 2. The molecule has 7 heteroatoms. The number of sulfonamides is 1. The van der Waals surface area contributed by atoms with E-state index in [1.54, 1.807) is 25.1 Å². The molecular formula is C12H14ClN3O2S. The van der Waals surface area contributed by atoms with E-state index in [2.05, 4.69) is 10.2 Å². The van der Waals surface area contributed by atoms with Crippen molar-refractivity contribution in [2.45, 2.75) is 18.7 Å². The van der Waals surface area contributed by atoms with Gasteiger partial charge in [-0.3, -0.25) is 9.40 Å². The fraction of sp³-hybridized carbons (Fsp3) is 0.250. The summed E-state index contributed by atoms with van der Waals surface area (Å²) >= 11 is 6.02. The molecular weight excluding hydrogens is 286 g/mol. The van der Waals surface area contributed by atoms with Crippen molar-refractivity contribution in [2.24, 2.45) is 0 Å². The Bertz CT molecular complexity index is 710. The molecule has 0 unspecified atom stereocenters. The number of hydrogen-bond donors (Lipinski definition) is 1. The minimum absolute atomic E-state index is 0.159. The standard InChI is InChI=1S/C12H14ClN3O2S/c1-8-4-5-10(6-11(8)13)16(3)19(17,18)12-7-14-15-9(12)2/h4-7H,1-3H3,(H,14,15). The fourth-order valence-electron chi connectivity index (χ4n) is 1.66. The summed E-state index contributed by atoms with van der Waals surface area (Å²) in [6, 6.07) is 5.13. The molecule has 1 aromatic heterocycles. The molecule has 2 aromatic rings. The summed E-state index contributed by atoms with van der Waals surface area (Å²) in [4.78, 5) is 0.159. The summed E-state index contributed by atoms with van der Waals surface area (Å²) in [6.07, 6.45) is 1.30. The predicted molar refractivity (Wildman–Crippen MR) is 75.1 cm³/mol. The highest BCUT2D eigenvalue weighted by atomic mass is 35.5. The number of H-pyrrole nitrogens is 1. The quantitative estimate of drug-likeness (QED) is 0.947. The molecule has 0 atom stereocenters. The van der Waals surface area contributed by atoms with Gasteiger partial charge >= 0.3 is 0 Å². The topological polar surface area (TPSA) is 66.1 Å². The molecule has 0 spiro atoms. The van der Waals surface area contributed by atoms with Crippen LogP contribution in [-0.4, -0.2) is 25.7 Å². The van der Waals surface area contributed by atoms with E-state index < -0.39 is 10.0 Å². The van der Waals surface area contributed by atoms with Crippen molar-refractivity contribution < 1.29 is 8.42 Å². The highest BCUT2D eigenvalue weighted by molar-refractivity contribution is 7.92. The Morgan fingerprint density at radius 1 is 1.32 bits per heavy atom. The Morgan fingerprint density at radius 3 is 2.53 bits per heavy atom. The first-order chi connectivity index (χ1) is 8.84. The van der Waals surface area contributed by atoms with E-state index in [4.69, 9.17) is 11.6 Å². The molecule has 0 radical (unpaired) electrons. The molecule has 2 rings (SSSR count). The number of halogens is 1. The zero-order valence-corrected chi connectivity index (χ0v) is 12.4. The zero-order chi connectivity index (χ0) is 14.2. The van der Waals surface area contributed by atoms with Crippen LogP contribution in [0.5, 0.6) is 0 Å². The molecule has 0 fully saturated rings. The second kappa shape index (κ2) is 4.86. The fourth-order valence-corrected chi connectivity index (χ4v) is 3.14. The van der Waals surface area contributed by atoms with Gasteiger partial charge < -0.3 is 0 Å². The second-order valence-corrected chi connectivity index (χ2v) is 6.61. The van der Waals surface area contributed by atoms with Gasteiger partial charge in [-0.05, 0) is 31.5 Å². The monoisotopic (exact) mass is 299 g/mol. The molecule has 0 aliphatic carbocycles. The van der Waals surface area contributed by atoms with Crippen molar-refractivity contribution >= 4 is 27.3 Å². The Kier molecular flexibility index (Phi) is 3.56. The highest BCUT2D eigenvalue weighted by Crippen LogP contribution is 2.27. The number of hydrogen-bond acceptors (Lipinski definition) is 3. The summed E-state index contributed by atoms with van der Waals surface area (Å²) in [5.74, 6) is 0. The number of aryl methyl sites for hydroxylation is 2. The normalized spacial score (nSPS) is 11.6. The van der Waals surface area contributed by atoms with E-state index >= 15 is 0 Å². The molecule has 5 nitrogen and oxygen atoms in total. The SMILES string of the molecule is Cc1ccc(N(C)S(=O)(=O)c2cn[nH]c2C)cc1Cl. The van der Waals surface area contributed by atoms with Crippen molar-refractivity contribution in [3.63, 3.8) is 0 Å². The van der Waals surface area contributed by atoms with Crippen LogP contribution in [0, 0.1) is 13.8 Å². The minimum atomic E-state index is -3.63. The van der Waals surface area contributed by atoms with Gasteiger partial charge in [0.15, 0.2) is 0 Å². The maximum Gasteiger partial charge on any atom is 0.267 e. The lowest BCUT2D eigenvalue weighted by atomic mass is 10.2. The number of anilines is 1. The third kappa shape index (κ3) is 2.46. The van der Waals surface area contributed by atoms with Gasteiger partial charge in [-0.2, -0.15) is 5.10 Å². The number of rotatable bonds is 3. The minimum Gasteiger partial charge on any atom is -0.281 e. The molecule has 19 heavy (non-hydrogen) atoms. The van der Waals surface area contributed by atoms with Crippen LogP contribution in [0.3, 0.4) is 0 Å². The van der Waals surface area contributed by atoms with Crippen LogP contribution in [0.25, 0.3) is 0 Å². The van der Waals surface area contributed by atoms with Crippen LogP contribution in [0.1, 0.15) is 11.3 Å². The lowest BCUT2D eigenvalue weighted by Crippen LogP contribution is -2.26. The van der Waals surface area contributed by atoms with Gasteiger partial charge in [-0.25, -0.2) is 8.42 Å². The van der Waals surface area contributed by atoms with Gasteiger partial charge in [-0.1, -0.05) is 17.7 Å². The molecule has 0 aliphatic heterocycles. The molecule has 0 saturated carbocycles. The predicted octanol–water partition coefficient (Wildman–Crippen LogP) is 2.51. The second-order valence-electron chi connectivity index (χ2n) is 4.27. The van der Waals surface area contributed by atoms with Gasteiger partial charge in [0, 0.05) is 12.1 Å². The first-order valence-corrected chi connectivity index (χ1v) is 7.41. The van der Waals surface area contributed by atoms with Crippen molar-refractivity contribution in [1.82, 2.24) is 10.2 Å². The number of aromatic amines is 1. The lowest BCUT2D eigenvalue weighted by Gasteiger charge is -2.19. The summed E-state index contributed by atoms with van der Waals surface area (Å²) in [5, 5.41) is 6.89. The Morgan fingerprint density at radius 2 is 2.00 bits per heavy atom. The zero-order valence-electron chi connectivity index (χ0n) is 10.8. The maximum absolute atomic E-state index is 12.4. The maximum atomic E-state index is 12.4. The van der Waals surface area contributed by atoms with E-state index in [1.807, 2.05) is 6.92 Å². The van der Waals surface area contributed by atoms with Crippen molar-refractivity contribution in [1.29, 1.82) is 0 Å². The average molecular weight is 300 g/mol. The van der Waals surface area contributed by atoms with Crippen molar-refractivity contribution in [3.05, 3.63) is 40.7 Å². The van der Waals surface area contributed by atoms with Gasteiger partial charge in [0.05, 0.1) is 17.6 Å². The van der Waals surface area contributed by atoms with Crippen molar-refractivity contribution in [2.75, 3.05) is 11.4 Å². The van der Waals surface area contributed by atoms with Crippen molar-refractivity contribution in [3.8, 4) is 0 Å². The number of nitrogens with one attached hydrogen (secondary N) is 1. The smallest absolute Gasteiger partial charge is 0.267 e. The highest BCUT2D eigenvalue weighted by Gasteiger charge is 2.24. The summed E-state index contributed by atoms with van der Waals surface area (Å²) in [7, 11) is -2.14. The van der Waals surface area contributed by atoms with Crippen LogP contribution in [-0.2, 0) is 10.0 Å². The molecule has 102 valence electrons. The number of aromatic nitrogens is 2. The Balaban J connectivity index is 2.46. The molecule has 0 bridgehead atoms. The van der Waals surface area contributed by atoms with Crippen LogP contribution in [0.2, 0.25) is 5.02 Å². The largest absolute Gasteiger partial charge is 0.281 e. The third-order valence-corrected chi connectivity index (χ3v) is 5.25. The third-order valence-electron chi connectivity index (χ3n) is 2.94. The summed E-state index contributed by atoms with van der Waals surface area (Å²) < 4.78 is 26.1. The Hall–Kier alpha value is -1.53. The first kappa shape index (κ1) is 13.9. The average Bonchev–Trinajstić information content (AvgIpc) is 2.78. The number of benzene rings is 1. The van der Waals surface area contributed by atoms with Crippen LogP contribution in [0.15, 0.2) is 29.3 Å². The first-order valence-electron chi connectivity index (χ1n) is 5.59. The molecule has 1 aromatic carbocycles. The van der Waals surface area contributed by atoms with Gasteiger partial charge in [0.1, 0.15) is 4.90 Å². The van der Waals surface area contributed by atoms with E-state index in [0.29, 0.717) is 16.4 Å². The van der Waals surface area contributed by atoms with Crippen LogP contribution in [0.4, 0.5) is 5.69 Å². The van der Waals surface area contributed by atoms with E-state index in [1.165, 1.54) is 17.5 Å². The lowest BCUT2D eigenvalue weighted by molar-refractivity contribution is 0.594. The summed E-state index contributed by atoms with van der Waals surface area (Å²) in [6.45, 7) is 3.52. The van der Waals surface area contributed by atoms with Crippen LogP contribution >= 0.6 is 11.6 Å². The van der Waals surface area contributed by atoms with Gasteiger partial charge in [0.25, 0.3) is 10.0 Å². The van der Waals surface area contributed by atoms with E-state index in [-0.39, 0.29) is 4.90 Å². The molecule has 0 aliphatic rings. The molecule has 0 amide bonds. The van der Waals surface area contributed by atoms with E-state index in [9.17, 15) is 8.42 Å². The summed E-state index contributed by atoms with van der Waals surface area (Å²) in [5.41, 5.74) is 1.91. The molecule has 1 N–H and O–H groups in total. The molecule has 0 saturated heterocycles. The Labute approximate surface area is 117 Å². The van der Waals surface area contributed by atoms with Crippen LogP contribution < -0.4 is 4.31 Å². The molecule has 1 heterocycles.